The summed E-state index contributed by atoms with van der Waals surface area (Å²) >= 11 is 0. The van der Waals surface area contributed by atoms with Crippen LogP contribution in [0.1, 0.15) is 11.1 Å². The van der Waals surface area contributed by atoms with Crippen molar-refractivity contribution in [1.29, 1.82) is 0 Å². The van der Waals surface area contributed by atoms with E-state index in [4.69, 9.17) is 5.73 Å². The van der Waals surface area contributed by atoms with Gasteiger partial charge in [0.2, 0.25) is 0 Å². The fourth-order valence-electron chi connectivity index (χ4n) is 2.44. The number of nitrogens with zero attached hydrogens (tertiary/aromatic N) is 2. The largest absolute Gasteiger partial charge is 0.324 e. The lowest BCUT2D eigenvalue weighted by molar-refractivity contribution is 0.205. The predicted molar refractivity (Wildman–Crippen MR) is 66.4 cm³/mol. The summed E-state index contributed by atoms with van der Waals surface area (Å²) in [5, 5.41) is 4.66. The normalized spacial score (nSPS) is 27.5. The summed E-state index contributed by atoms with van der Waals surface area (Å²) in [4.78, 5) is 4.18. The van der Waals surface area contributed by atoms with E-state index in [-0.39, 0.29) is 6.04 Å². The van der Waals surface area contributed by atoms with Crippen LogP contribution in [0.5, 0.6) is 0 Å². The van der Waals surface area contributed by atoms with Gasteiger partial charge in [0.25, 0.3) is 0 Å². The molecular formula is C14H14N3. The molecule has 1 fully saturated rings. The quantitative estimate of drug-likeness (QED) is 0.835. The van der Waals surface area contributed by atoms with Crippen molar-refractivity contribution in [3.05, 3.63) is 66.0 Å². The highest BCUT2D eigenvalue weighted by Crippen LogP contribution is 2.38. The van der Waals surface area contributed by atoms with Gasteiger partial charge < -0.3 is 5.73 Å². The molecule has 0 bridgehead atoms. The molecule has 0 saturated carbocycles. The Morgan fingerprint density at radius 3 is 2.35 bits per heavy atom. The Bertz CT molecular complexity index is 456. The summed E-state index contributed by atoms with van der Waals surface area (Å²) in [6, 6.07) is 14.2. The van der Waals surface area contributed by atoms with Gasteiger partial charge in [0.05, 0.1) is 0 Å². The van der Waals surface area contributed by atoms with Crippen molar-refractivity contribution in [1.82, 2.24) is 10.3 Å². The number of hydrogen-bond donors (Lipinski definition) is 1. The SMILES string of the molecule is NC1C[N]C1(c1ccccc1)c1cccnc1. The van der Waals surface area contributed by atoms with Gasteiger partial charge in [0, 0.05) is 25.0 Å². The maximum absolute atomic E-state index is 6.20. The zero-order chi connectivity index (χ0) is 11.7. The average molecular weight is 224 g/mol. The molecule has 2 heterocycles. The van der Waals surface area contributed by atoms with Crippen LogP contribution in [-0.4, -0.2) is 17.6 Å². The Morgan fingerprint density at radius 2 is 1.82 bits per heavy atom. The van der Waals surface area contributed by atoms with E-state index in [0.29, 0.717) is 6.54 Å². The first-order valence-corrected chi connectivity index (χ1v) is 5.74. The van der Waals surface area contributed by atoms with Crippen LogP contribution in [0.2, 0.25) is 0 Å². The summed E-state index contributed by atoms with van der Waals surface area (Å²) in [5.41, 5.74) is 8.03. The molecule has 0 spiro atoms. The third-order valence-electron chi connectivity index (χ3n) is 3.39. The summed E-state index contributed by atoms with van der Waals surface area (Å²) in [7, 11) is 0. The molecule has 1 aliphatic rings. The fraction of sp³-hybridized carbons (Fsp3) is 0.214. The molecule has 0 amide bonds. The van der Waals surface area contributed by atoms with Gasteiger partial charge >= 0.3 is 0 Å². The van der Waals surface area contributed by atoms with E-state index in [1.54, 1.807) is 6.20 Å². The fourth-order valence-corrected chi connectivity index (χ4v) is 2.44. The summed E-state index contributed by atoms with van der Waals surface area (Å²) in [6.45, 7) is 0.712. The van der Waals surface area contributed by atoms with E-state index in [9.17, 15) is 0 Å². The Morgan fingerprint density at radius 1 is 1.06 bits per heavy atom. The molecule has 1 radical (unpaired) electrons. The lowest BCUT2D eigenvalue weighted by Crippen LogP contribution is -2.66. The molecule has 3 rings (SSSR count). The molecule has 85 valence electrons. The molecule has 2 unspecified atom stereocenters. The van der Waals surface area contributed by atoms with Crippen molar-refractivity contribution in [3.63, 3.8) is 0 Å². The van der Waals surface area contributed by atoms with Crippen molar-refractivity contribution in [2.24, 2.45) is 5.73 Å². The van der Waals surface area contributed by atoms with E-state index in [0.717, 1.165) is 11.1 Å². The first-order valence-electron chi connectivity index (χ1n) is 5.74. The molecule has 1 aromatic carbocycles. The van der Waals surface area contributed by atoms with Gasteiger partial charge in [-0.05, 0) is 17.2 Å². The Balaban J connectivity index is 2.12. The molecule has 1 aromatic heterocycles. The highest BCUT2D eigenvalue weighted by Gasteiger charge is 2.48. The van der Waals surface area contributed by atoms with Crippen LogP contribution in [0, 0.1) is 0 Å². The van der Waals surface area contributed by atoms with Crippen LogP contribution >= 0.6 is 0 Å². The highest BCUT2D eigenvalue weighted by molar-refractivity contribution is 5.42. The van der Waals surface area contributed by atoms with E-state index in [1.165, 1.54) is 0 Å². The monoisotopic (exact) mass is 224 g/mol. The van der Waals surface area contributed by atoms with Crippen LogP contribution in [0.3, 0.4) is 0 Å². The van der Waals surface area contributed by atoms with E-state index < -0.39 is 5.54 Å². The van der Waals surface area contributed by atoms with Crippen LogP contribution < -0.4 is 11.1 Å². The van der Waals surface area contributed by atoms with E-state index in [1.807, 2.05) is 36.5 Å². The second kappa shape index (κ2) is 3.95. The number of aromatic nitrogens is 1. The summed E-state index contributed by atoms with van der Waals surface area (Å²) < 4.78 is 0. The molecule has 3 nitrogen and oxygen atoms in total. The molecule has 1 saturated heterocycles. The predicted octanol–water partition coefficient (Wildman–Crippen LogP) is 1.27. The summed E-state index contributed by atoms with van der Waals surface area (Å²) in [6.07, 6.45) is 3.63. The van der Waals surface area contributed by atoms with Gasteiger partial charge in [-0.3, -0.25) is 4.98 Å². The van der Waals surface area contributed by atoms with Gasteiger partial charge in [-0.1, -0.05) is 36.4 Å². The second-order valence-corrected chi connectivity index (χ2v) is 4.32. The molecule has 1 aliphatic heterocycles. The Labute approximate surface area is 101 Å². The highest BCUT2D eigenvalue weighted by atomic mass is 15.1. The molecular weight excluding hydrogens is 210 g/mol. The van der Waals surface area contributed by atoms with Crippen LogP contribution in [-0.2, 0) is 5.54 Å². The second-order valence-electron chi connectivity index (χ2n) is 4.32. The van der Waals surface area contributed by atoms with Gasteiger partial charge in [-0.15, -0.1) is 0 Å². The van der Waals surface area contributed by atoms with E-state index >= 15 is 0 Å². The molecule has 2 atom stereocenters. The topological polar surface area (TPSA) is 53.0 Å². The van der Waals surface area contributed by atoms with Crippen molar-refractivity contribution in [2.75, 3.05) is 6.54 Å². The third-order valence-corrected chi connectivity index (χ3v) is 3.39. The zero-order valence-corrected chi connectivity index (χ0v) is 9.45. The smallest absolute Gasteiger partial charge is 0.103 e. The standard InChI is InChI=1S/C14H14N3/c15-13-10-17-14(13,11-5-2-1-3-6-11)12-7-4-8-16-9-12/h1-9,13H,10,15H2. The molecule has 2 N–H and O–H groups in total. The van der Waals surface area contributed by atoms with Gasteiger partial charge in [0.1, 0.15) is 5.54 Å². The van der Waals surface area contributed by atoms with Gasteiger partial charge in [-0.2, -0.15) is 0 Å². The van der Waals surface area contributed by atoms with Crippen molar-refractivity contribution >= 4 is 0 Å². The first kappa shape index (κ1) is 10.4. The maximum atomic E-state index is 6.20. The zero-order valence-electron chi connectivity index (χ0n) is 9.45. The minimum Gasteiger partial charge on any atom is -0.324 e. The van der Waals surface area contributed by atoms with Crippen LogP contribution in [0.25, 0.3) is 0 Å². The van der Waals surface area contributed by atoms with Crippen LogP contribution in [0.15, 0.2) is 54.9 Å². The number of hydrogen-bond acceptors (Lipinski definition) is 2. The average Bonchev–Trinajstić information content (AvgIpc) is 2.40. The van der Waals surface area contributed by atoms with Crippen LogP contribution in [0.4, 0.5) is 0 Å². The minimum absolute atomic E-state index is 0.0362. The van der Waals surface area contributed by atoms with Crippen molar-refractivity contribution in [3.8, 4) is 0 Å². The van der Waals surface area contributed by atoms with Crippen molar-refractivity contribution in [2.45, 2.75) is 11.6 Å². The lowest BCUT2D eigenvalue weighted by atomic mass is 9.72. The lowest BCUT2D eigenvalue weighted by Gasteiger charge is -2.47. The molecule has 17 heavy (non-hydrogen) atoms. The number of pyridine rings is 1. The van der Waals surface area contributed by atoms with Gasteiger partial charge in [-0.25, -0.2) is 5.32 Å². The van der Waals surface area contributed by atoms with Gasteiger partial charge in [0.15, 0.2) is 0 Å². The molecule has 0 aliphatic carbocycles. The number of rotatable bonds is 2. The van der Waals surface area contributed by atoms with E-state index in [2.05, 4.69) is 22.4 Å². The molecule has 2 aromatic rings. The Hall–Kier alpha value is -1.71. The number of nitrogens with two attached hydrogens (primary N) is 1. The number of benzene rings is 1. The van der Waals surface area contributed by atoms with Crippen molar-refractivity contribution < 1.29 is 0 Å². The Kier molecular flexibility index (Phi) is 2.42. The minimum atomic E-state index is -0.393. The first-order chi connectivity index (χ1) is 8.34. The maximum Gasteiger partial charge on any atom is 0.103 e. The third kappa shape index (κ3) is 1.47. The summed E-state index contributed by atoms with van der Waals surface area (Å²) in [5.74, 6) is 0. The molecule has 3 heteroatoms.